The van der Waals surface area contributed by atoms with Gasteiger partial charge in [0.05, 0.1) is 30.1 Å². The molecule has 5 nitrogen and oxygen atoms in total. The number of hydrogen-bond acceptors (Lipinski definition) is 6. The van der Waals surface area contributed by atoms with Crippen molar-refractivity contribution in [2.75, 3.05) is 19.1 Å². The van der Waals surface area contributed by atoms with E-state index >= 15 is 0 Å². The van der Waals surface area contributed by atoms with Gasteiger partial charge in [-0.25, -0.2) is 4.98 Å². The van der Waals surface area contributed by atoms with Crippen LogP contribution in [0.4, 0.5) is 5.13 Å². The molecule has 0 saturated carbocycles. The lowest BCUT2D eigenvalue weighted by Gasteiger charge is -2.11. The van der Waals surface area contributed by atoms with Crippen molar-refractivity contribution in [1.82, 2.24) is 4.98 Å². The molecule has 0 aliphatic heterocycles. The summed E-state index contributed by atoms with van der Waals surface area (Å²) >= 11 is 5.09. The highest BCUT2D eigenvalue weighted by Crippen LogP contribution is 2.36. The maximum Gasteiger partial charge on any atom is 0.204 e. The van der Waals surface area contributed by atoms with E-state index in [0.29, 0.717) is 18.1 Å². The van der Waals surface area contributed by atoms with Gasteiger partial charge in [-0.2, -0.15) is 5.10 Å². The number of ether oxygens (including phenoxy) is 2. The summed E-state index contributed by atoms with van der Waals surface area (Å²) in [5.74, 6) is 1.34. The first-order chi connectivity index (χ1) is 13.1. The van der Waals surface area contributed by atoms with Gasteiger partial charge >= 0.3 is 0 Å². The van der Waals surface area contributed by atoms with Crippen LogP contribution in [0.1, 0.15) is 17.4 Å². The van der Waals surface area contributed by atoms with E-state index in [2.05, 4.69) is 50.5 Å². The Morgan fingerprint density at radius 3 is 2.74 bits per heavy atom. The lowest BCUT2D eigenvalue weighted by atomic mass is 10.1. The third kappa shape index (κ3) is 4.67. The topological polar surface area (TPSA) is 55.7 Å². The van der Waals surface area contributed by atoms with Crippen molar-refractivity contribution in [3.05, 3.63) is 57.4 Å². The van der Waals surface area contributed by atoms with Gasteiger partial charge in [-0.05, 0) is 47.5 Å². The van der Waals surface area contributed by atoms with Gasteiger partial charge in [-0.15, -0.1) is 11.3 Å². The summed E-state index contributed by atoms with van der Waals surface area (Å²) in [6.45, 7) is 4.56. The molecule has 0 saturated heterocycles. The van der Waals surface area contributed by atoms with E-state index < -0.39 is 0 Å². The molecule has 7 heteroatoms. The average Bonchev–Trinajstić information content (AvgIpc) is 3.05. The minimum absolute atomic E-state index is 0.567. The van der Waals surface area contributed by atoms with E-state index in [9.17, 15) is 0 Å². The Morgan fingerprint density at radius 1 is 1.26 bits per heavy atom. The molecule has 3 rings (SSSR count). The minimum atomic E-state index is 0.567. The highest BCUT2D eigenvalue weighted by Gasteiger charge is 2.11. The monoisotopic (exact) mass is 445 g/mol. The van der Waals surface area contributed by atoms with Crippen LogP contribution in [0.5, 0.6) is 11.5 Å². The van der Waals surface area contributed by atoms with Gasteiger partial charge in [0.2, 0.25) is 5.13 Å². The molecule has 0 unspecified atom stereocenters. The largest absolute Gasteiger partial charge is 0.493 e. The molecule has 140 valence electrons. The lowest BCUT2D eigenvalue weighted by molar-refractivity contribution is 0.309. The summed E-state index contributed by atoms with van der Waals surface area (Å²) in [6, 6.07) is 13.9. The van der Waals surface area contributed by atoms with Crippen LogP contribution in [-0.2, 0) is 0 Å². The van der Waals surface area contributed by atoms with Crippen molar-refractivity contribution >= 4 is 38.6 Å². The molecule has 0 fully saturated rings. The maximum atomic E-state index is 5.61. The molecule has 0 atom stereocenters. The van der Waals surface area contributed by atoms with Crippen molar-refractivity contribution in [3.63, 3.8) is 0 Å². The highest BCUT2D eigenvalue weighted by atomic mass is 79.9. The molecule has 1 heterocycles. The van der Waals surface area contributed by atoms with Gasteiger partial charge < -0.3 is 9.47 Å². The predicted molar refractivity (Wildman–Crippen MR) is 115 cm³/mol. The van der Waals surface area contributed by atoms with Crippen LogP contribution >= 0.6 is 27.3 Å². The van der Waals surface area contributed by atoms with Crippen molar-refractivity contribution in [2.45, 2.75) is 13.8 Å². The van der Waals surface area contributed by atoms with Crippen LogP contribution in [0.3, 0.4) is 0 Å². The third-order valence-corrected chi connectivity index (χ3v) is 5.22. The zero-order valence-corrected chi connectivity index (χ0v) is 17.7. The minimum Gasteiger partial charge on any atom is -0.493 e. The molecule has 27 heavy (non-hydrogen) atoms. The zero-order valence-electron chi connectivity index (χ0n) is 15.3. The van der Waals surface area contributed by atoms with Gasteiger partial charge in [-0.3, -0.25) is 5.43 Å². The van der Waals surface area contributed by atoms with Gasteiger partial charge in [0.1, 0.15) is 0 Å². The first-order valence-electron chi connectivity index (χ1n) is 8.44. The number of methoxy groups -OCH3 is 1. The Labute approximate surface area is 171 Å². The second-order valence-electron chi connectivity index (χ2n) is 5.63. The van der Waals surface area contributed by atoms with E-state index in [1.807, 2.05) is 37.3 Å². The van der Waals surface area contributed by atoms with Crippen molar-refractivity contribution < 1.29 is 9.47 Å². The van der Waals surface area contributed by atoms with Gasteiger partial charge in [0, 0.05) is 10.4 Å². The van der Waals surface area contributed by atoms with E-state index in [1.165, 1.54) is 0 Å². The standard InChI is InChI=1S/C20H20BrN3O2S/c1-4-26-19-16(21)10-14(11-17(19)25-3)12-22-24-20-23-18(13(2)27-20)15-8-6-5-7-9-15/h5-12H,4H2,1-3H3,(H,23,24)/b22-12-. The quantitative estimate of drug-likeness (QED) is 0.372. The third-order valence-electron chi connectivity index (χ3n) is 3.76. The molecule has 1 aromatic heterocycles. The van der Waals surface area contributed by atoms with Gasteiger partial charge in [0.15, 0.2) is 11.5 Å². The molecule has 0 aliphatic carbocycles. The average molecular weight is 446 g/mol. The number of aryl methyl sites for hydroxylation is 1. The van der Waals surface area contributed by atoms with Gasteiger partial charge in [-0.1, -0.05) is 30.3 Å². The number of anilines is 1. The highest BCUT2D eigenvalue weighted by molar-refractivity contribution is 9.10. The smallest absolute Gasteiger partial charge is 0.204 e. The molecule has 0 radical (unpaired) electrons. The van der Waals surface area contributed by atoms with E-state index in [-0.39, 0.29) is 0 Å². The predicted octanol–water partition coefficient (Wildman–Crippen LogP) is 5.73. The molecule has 0 amide bonds. The summed E-state index contributed by atoms with van der Waals surface area (Å²) in [5, 5.41) is 5.06. The number of halogens is 1. The number of thiazole rings is 1. The van der Waals surface area contributed by atoms with Crippen LogP contribution in [0.2, 0.25) is 0 Å². The number of nitrogens with zero attached hydrogens (tertiary/aromatic N) is 2. The summed E-state index contributed by atoms with van der Waals surface area (Å²) in [6.07, 6.45) is 1.72. The number of nitrogens with one attached hydrogen (secondary N) is 1. The normalized spacial score (nSPS) is 11.0. The molecule has 0 aliphatic rings. The molecule has 3 aromatic rings. The Hall–Kier alpha value is -2.38. The van der Waals surface area contributed by atoms with Crippen molar-refractivity contribution in [3.8, 4) is 22.8 Å². The fourth-order valence-corrected chi connectivity index (χ4v) is 3.93. The molecule has 0 spiro atoms. The molecular formula is C20H20BrN3O2S. The molecule has 1 N–H and O–H groups in total. The zero-order chi connectivity index (χ0) is 19.2. The van der Waals surface area contributed by atoms with Crippen molar-refractivity contribution in [2.24, 2.45) is 5.10 Å². The number of rotatable bonds is 7. The Bertz CT molecular complexity index is 942. The Morgan fingerprint density at radius 2 is 2.04 bits per heavy atom. The van der Waals surface area contributed by atoms with Crippen LogP contribution in [0.25, 0.3) is 11.3 Å². The first kappa shape index (κ1) is 19.4. The fourth-order valence-electron chi connectivity index (χ4n) is 2.57. The maximum absolute atomic E-state index is 5.61. The van der Waals surface area contributed by atoms with E-state index in [4.69, 9.17) is 9.47 Å². The first-order valence-corrected chi connectivity index (χ1v) is 10.1. The van der Waals surface area contributed by atoms with Crippen LogP contribution < -0.4 is 14.9 Å². The van der Waals surface area contributed by atoms with Crippen LogP contribution in [0.15, 0.2) is 52.0 Å². The van der Waals surface area contributed by atoms with Crippen LogP contribution in [-0.4, -0.2) is 24.9 Å². The second-order valence-corrected chi connectivity index (χ2v) is 7.68. The van der Waals surface area contributed by atoms with E-state index in [1.54, 1.807) is 24.7 Å². The van der Waals surface area contributed by atoms with Crippen molar-refractivity contribution in [1.29, 1.82) is 0 Å². The number of hydrazone groups is 1. The molecule has 2 aromatic carbocycles. The molecular weight excluding hydrogens is 426 g/mol. The second kappa shape index (κ2) is 9.01. The number of benzene rings is 2. The number of hydrogen-bond donors (Lipinski definition) is 1. The Kier molecular flexibility index (Phi) is 6.47. The van der Waals surface area contributed by atoms with E-state index in [0.717, 1.165) is 31.3 Å². The summed E-state index contributed by atoms with van der Waals surface area (Å²) in [4.78, 5) is 5.78. The summed E-state index contributed by atoms with van der Waals surface area (Å²) in [5.41, 5.74) is 5.97. The fraction of sp³-hybridized carbons (Fsp3) is 0.200. The van der Waals surface area contributed by atoms with Crippen LogP contribution in [0, 0.1) is 6.92 Å². The summed E-state index contributed by atoms with van der Waals surface area (Å²) in [7, 11) is 1.62. The van der Waals surface area contributed by atoms with Gasteiger partial charge in [0.25, 0.3) is 0 Å². The summed E-state index contributed by atoms with van der Waals surface area (Å²) < 4.78 is 11.8. The molecule has 0 bridgehead atoms. The lowest BCUT2D eigenvalue weighted by Crippen LogP contribution is -1.98. The Balaban J connectivity index is 1.76. The SMILES string of the molecule is CCOc1c(Br)cc(/C=N\Nc2nc(-c3ccccc3)c(C)s2)cc1OC. The number of aromatic nitrogens is 1.